The van der Waals surface area contributed by atoms with Crippen LogP contribution in [-0.4, -0.2) is 48.6 Å². The quantitative estimate of drug-likeness (QED) is 0.687. The molecule has 0 aliphatic rings. The Kier molecular flexibility index (Phi) is 5.22. The van der Waals surface area contributed by atoms with Crippen LogP contribution < -0.4 is 16.2 Å². The monoisotopic (exact) mass is 296 g/mol. The third-order valence-corrected chi connectivity index (χ3v) is 3.43. The number of carbonyl (C=O) groups is 1. The maximum Gasteiger partial charge on any atom is 0.271 e. The predicted molar refractivity (Wildman–Crippen MR) is 76.4 cm³/mol. The van der Waals surface area contributed by atoms with Crippen molar-refractivity contribution in [3.63, 3.8) is 0 Å². The molecule has 0 radical (unpaired) electrons. The number of hydrogen-bond acceptors (Lipinski definition) is 6. The van der Waals surface area contributed by atoms with Gasteiger partial charge < -0.3 is 15.4 Å². The van der Waals surface area contributed by atoms with Gasteiger partial charge in [-0.15, -0.1) is 11.3 Å². The molecule has 0 aliphatic carbocycles. The summed E-state index contributed by atoms with van der Waals surface area (Å²) in [6.45, 7) is 2.39. The minimum absolute atomic E-state index is 0.0535. The van der Waals surface area contributed by atoms with E-state index in [4.69, 9.17) is 4.74 Å². The molecule has 2 aromatic heterocycles. The lowest BCUT2D eigenvalue weighted by atomic mass is 10.3. The van der Waals surface area contributed by atoms with Gasteiger partial charge in [-0.25, -0.2) is 4.98 Å². The number of hydrogen-bond donors (Lipinski definition) is 2. The highest BCUT2D eigenvalue weighted by Gasteiger charge is 2.12. The molecular weight excluding hydrogens is 280 g/mol. The first-order chi connectivity index (χ1) is 9.74. The van der Waals surface area contributed by atoms with Crippen molar-refractivity contribution in [1.29, 1.82) is 0 Å². The van der Waals surface area contributed by atoms with E-state index in [1.165, 1.54) is 21.9 Å². The number of fused-ring (bicyclic) bond motifs is 1. The molecule has 2 N–H and O–H groups in total. The van der Waals surface area contributed by atoms with Crippen LogP contribution in [-0.2, 0) is 4.74 Å². The molecule has 1 amide bonds. The fraction of sp³-hybridized carbons (Fsp3) is 0.417. The zero-order valence-corrected chi connectivity index (χ0v) is 11.9. The first-order valence-electron chi connectivity index (χ1n) is 6.16. The van der Waals surface area contributed by atoms with Crippen LogP contribution in [0.15, 0.2) is 22.6 Å². The zero-order chi connectivity index (χ0) is 14.4. The Morgan fingerprint density at radius 3 is 3.10 bits per heavy atom. The Hall–Kier alpha value is -1.77. The molecule has 2 aromatic rings. The van der Waals surface area contributed by atoms with Crippen molar-refractivity contribution >= 4 is 22.2 Å². The van der Waals surface area contributed by atoms with Crippen molar-refractivity contribution < 1.29 is 9.53 Å². The zero-order valence-electron chi connectivity index (χ0n) is 11.1. The lowest BCUT2D eigenvalue weighted by Crippen LogP contribution is -2.36. The Labute approximate surface area is 119 Å². The van der Waals surface area contributed by atoms with Crippen LogP contribution in [0, 0.1) is 0 Å². The van der Waals surface area contributed by atoms with E-state index in [2.05, 4.69) is 15.6 Å². The minimum atomic E-state index is -0.406. The molecule has 0 saturated heterocycles. The highest BCUT2D eigenvalue weighted by Crippen LogP contribution is 2.05. The molecule has 2 heterocycles. The number of ether oxygens (including phenoxy) is 1. The molecule has 0 fully saturated rings. The van der Waals surface area contributed by atoms with Gasteiger partial charge in [0.25, 0.3) is 11.5 Å². The average molecular weight is 296 g/mol. The molecule has 0 aromatic carbocycles. The maximum atomic E-state index is 12.0. The van der Waals surface area contributed by atoms with Gasteiger partial charge in [-0.3, -0.25) is 14.0 Å². The number of rotatable bonds is 7. The molecule has 0 saturated carbocycles. The number of aromatic nitrogens is 2. The van der Waals surface area contributed by atoms with Crippen LogP contribution in [0.1, 0.15) is 10.4 Å². The largest absolute Gasteiger partial charge is 0.383 e. The second kappa shape index (κ2) is 7.13. The molecule has 0 atom stereocenters. The Morgan fingerprint density at radius 2 is 2.30 bits per heavy atom. The molecule has 8 heteroatoms. The summed E-state index contributed by atoms with van der Waals surface area (Å²) in [7, 11) is 1.63. The van der Waals surface area contributed by atoms with E-state index in [-0.39, 0.29) is 11.1 Å². The van der Waals surface area contributed by atoms with Crippen LogP contribution in [0.4, 0.5) is 0 Å². The number of methoxy groups -OCH3 is 1. The normalized spacial score (nSPS) is 10.8. The predicted octanol–water partition coefficient (Wildman–Crippen LogP) is -0.278. The summed E-state index contributed by atoms with van der Waals surface area (Å²) < 4.78 is 6.26. The molecule has 0 unspecified atom stereocenters. The Balaban J connectivity index is 1.91. The molecule has 0 bridgehead atoms. The number of carbonyl (C=O) groups excluding carboxylic acids is 1. The maximum absolute atomic E-state index is 12.0. The van der Waals surface area contributed by atoms with Gasteiger partial charge in [0.15, 0.2) is 4.96 Å². The number of thiazole rings is 1. The fourth-order valence-corrected chi connectivity index (χ4v) is 2.31. The molecule has 7 nitrogen and oxygen atoms in total. The Morgan fingerprint density at radius 1 is 1.45 bits per heavy atom. The smallest absolute Gasteiger partial charge is 0.271 e. The van der Waals surface area contributed by atoms with E-state index in [1.807, 2.05) is 0 Å². The molecule has 0 aliphatic heterocycles. The van der Waals surface area contributed by atoms with Crippen molar-refractivity contribution in [2.24, 2.45) is 0 Å². The van der Waals surface area contributed by atoms with Gasteiger partial charge in [0.2, 0.25) is 0 Å². The highest BCUT2D eigenvalue weighted by molar-refractivity contribution is 7.15. The van der Waals surface area contributed by atoms with Crippen molar-refractivity contribution in [3.05, 3.63) is 33.7 Å². The van der Waals surface area contributed by atoms with Crippen LogP contribution >= 0.6 is 11.3 Å². The number of nitrogens with zero attached hydrogens (tertiary/aromatic N) is 2. The van der Waals surface area contributed by atoms with Crippen molar-refractivity contribution in [3.8, 4) is 0 Å². The van der Waals surface area contributed by atoms with Gasteiger partial charge >= 0.3 is 0 Å². The topological polar surface area (TPSA) is 84.7 Å². The summed E-state index contributed by atoms with van der Waals surface area (Å²) in [5, 5.41) is 7.53. The van der Waals surface area contributed by atoms with Gasteiger partial charge in [-0.05, 0) is 0 Å². The van der Waals surface area contributed by atoms with Crippen molar-refractivity contribution in [1.82, 2.24) is 20.0 Å². The summed E-state index contributed by atoms with van der Waals surface area (Å²) >= 11 is 1.35. The molecule has 2 rings (SSSR count). The average Bonchev–Trinajstić information content (AvgIpc) is 2.92. The number of amides is 1. The standard InChI is InChI=1S/C12H16N4O3S/c1-19-6-4-13-2-3-14-10(17)9-8-15-12-16(11(9)18)5-7-20-12/h5,7-8,13H,2-4,6H2,1H3,(H,14,17). The summed E-state index contributed by atoms with van der Waals surface area (Å²) in [6, 6.07) is 0. The lowest BCUT2D eigenvalue weighted by molar-refractivity contribution is 0.0951. The van der Waals surface area contributed by atoms with E-state index in [0.29, 0.717) is 24.7 Å². The van der Waals surface area contributed by atoms with Crippen LogP contribution in [0.5, 0.6) is 0 Å². The summed E-state index contributed by atoms with van der Waals surface area (Å²) in [4.78, 5) is 28.6. The highest BCUT2D eigenvalue weighted by atomic mass is 32.1. The number of nitrogens with one attached hydrogen (secondary N) is 2. The van der Waals surface area contributed by atoms with Gasteiger partial charge in [0, 0.05) is 44.5 Å². The van der Waals surface area contributed by atoms with Crippen LogP contribution in [0.2, 0.25) is 0 Å². The van der Waals surface area contributed by atoms with E-state index < -0.39 is 5.91 Å². The van der Waals surface area contributed by atoms with Gasteiger partial charge in [0.1, 0.15) is 5.56 Å². The fourth-order valence-electron chi connectivity index (χ4n) is 1.64. The molecular formula is C12H16N4O3S. The van der Waals surface area contributed by atoms with E-state index in [9.17, 15) is 9.59 Å². The van der Waals surface area contributed by atoms with Gasteiger partial charge in [-0.1, -0.05) is 0 Å². The van der Waals surface area contributed by atoms with Gasteiger partial charge in [-0.2, -0.15) is 0 Å². The van der Waals surface area contributed by atoms with Crippen molar-refractivity contribution in [2.45, 2.75) is 0 Å². The van der Waals surface area contributed by atoms with E-state index in [1.54, 1.807) is 18.7 Å². The van der Waals surface area contributed by atoms with Gasteiger partial charge in [0.05, 0.1) is 6.61 Å². The van der Waals surface area contributed by atoms with Crippen molar-refractivity contribution in [2.75, 3.05) is 33.4 Å². The molecule has 20 heavy (non-hydrogen) atoms. The molecule has 0 spiro atoms. The first kappa shape index (κ1) is 14.6. The third-order valence-electron chi connectivity index (χ3n) is 2.66. The summed E-state index contributed by atoms with van der Waals surface area (Å²) in [5.74, 6) is -0.406. The van der Waals surface area contributed by atoms with Crippen LogP contribution in [0.25, 0.3) is 4.96 Å². The second-order valence-electron chi connectivity index (χ2n) is 4.03. The van der Waals surface area contributed by atoms with Crippen LogP contribution in [0.3, 0.4) is 0 Å². The summed E-state index contributed by atoms with van der Waals surface area (Å²) in [5.41, 5.74) is -0.293. The summed E-state index contributed by atoms with van der Waals surface area (Å²) in [6.07, 6.45) is 2.93. The SMILES string of the molecule is COCCNCCNC(=O)c1cnc2sccn2c1=O. The Bertz CT molecular complexity index is 637. The van der Waals surface area contributed by atoms with E-state index in [0.717, 1.165) is 6.54 Å². The molecule has 108 valence electrons. The minimum Gasteiger partial charge on any atom is -0.383 e. The lowest BCUT2D eigenvalue weighted by Gasteiger charge is -2.06. The first-order valence-corrected chi connectivity index (χ1v) is 7.04. The third kappa shape index (κ3) is 3.41. The van der Waals surface area contributed by atoms with E-state index >= 15 is 0 Å². The second-order valence-corrected chi connectivity index (χ2v) is 4.90.